The zero-order valence-electron chi connectivity index (χ0n) is 6.10. The Hall–Kier alpha value is -1.43. The van der Waals surface area contributed by atoms with Gasteiger partial charge in [0, 0.05) is 17.5 Å². The Morgan fingerprint density at radius 2 is 2.58 bits per heavy atom. The summed E-state index contributed by atoms with van der Waals surface area (Å²) in [6, 6.07) is 0. The maximum absolute atomic E-state index is 4.92. The van der Waals surface area contributed by atoms with Gasteiger partial charge < -0.3 is 18.1 Å². The molecule has 2 aliphatic rings. The molecule has 0 aliphatic carbocycles. The number of rotatable bonds is 0. The molecule has 2 rings (SSSR count). The van der Waals surface area contributed by atoms with Gasteiger partial charge >= 0.3 is 0 Å². The van der Waals surface area contributed by atoms with Crippen LogP contribution in [-0.2, 0) is 17.7 Å². The van der Waals surface area contributed by atoms with Crippen molar-refractivity contribution in [1.29, 1.82) is 0 Å². The molecule has 2 heterocycles. The van der Waals surface area contributed by atoms with Crippen molar-refractivity contribution in [2.75, 3.05) is 6.61 Å². The van der Waals surface area contributed by atoms with Crippen molar-refractivity contribution in [2.45, 2.75) is 0 Å². The van der Waals surface area contributed by atoms with E-state index in [1.807, 2.05) is 0 Å². The molecule has 5 nitrogen and oxygen atoms in total. The number of hydrogen-bond acceptors (Lipinski definition) is 5. The molecule has 2 aliphatic heterocycles. The summed E-state index contributed by atoms with van der Waals surface area (Å²) in [5, 5.41) is 6.91. The summed E-state index contributed by atoms with van der Waals surface area (Å²) in [4.78, 5) is 8.85. The minimum absolute atomic E-state index is 0.395. The Labute approximate surface area is 74.6 Å². The summed E-state index contributed by atoms with van der Waals surface area (Å²) in [6.45, 7) is 0.395. The van der Waals surface area contributed by atoms with E-state index in [1.165, 1.54) is 0 Å². The van der Waals surface area contributed by atoms with Gasteiger partial charge in [-0.2, -0.15) is 0 Å². The summed E-state index contributed by atoms with van der Waals surface area (Å²) >= 11 is 4.67. The quantitative estimate of drug-likeness (QED) is 0.430. The third-order valence-corrected chi connectivity index (χ3v) is 1.62. The third-order valence-electron chi connectivity index (χ3n) is 1.43. The minimum atomic E-state index is 0.395. The first-order valence-corrected chi connectivity index (χ1v) is 3.72. The fraction of sp³-hybridized carbons (Fsp3) is 0.167. The van der Waals surface area contributed by atoms with Gasteiger partial charge in [-0.15, -0.1) is 0 Å². The molecular weight excluding hydrogens is 176 g/mol. The molecule has 0 saturated carbocycles. The predicted molar refractivity (Wildman–Crippen MR) is 43.8 cm³/mol. The molecule has 0 aromatic heterocycles. The molecule has 0 spiro atoms. The highest BCUT2D eigenvalue weighted by atomic mass is 32.1. The number of hydrogen-bond donors (Lipinski definition) is 1. The molecule has 0 unspecified atom stereocenters. The van der Waals surface area contributed by atoms with Crippen LogP contribution in [0.25, 0.3) is 0 Å². The van der Waals surface area contributed by atoms with Crippen molar-refractivity contribution >= 4 is 19.0 Å². The van der Waals surface area contributed by atoms with E-state index in [1.54, 1.807) is 18.6 Å². The van der Waals surface area contributed by atoms with Gasteiger partial charge in [0.05, 0.1) is 11.9 Å². The van der Waals surface area contributed by atoms with Gasteiger partial charge in [0.25, 0.3) is 0 Å². The topological polar surface area (TPSA) is 49.0 Å². The average molecular weight is 182 g/mol. The van der Waals surface area contributed by atoms with Gasteiger partial charge in [-0.1, -0.05) is 0 Å². The Morgan fingerprint density at radius 3 is 3.17 bits per heavy atom. The van der Waals surface area contributed by atoms with E-state index in [-0.39, 0.29) is 0 Å². The summed E-state index contributed by atoms with van der Waals surface area (Å²) in [5.74, 6) is 0. The molecule has 0 radical (unpaired) electrons. The largest absolute Gasteiger partial charge is 0.357 e. The van der Waals surface area contributed by atoms with Gasteiger partial charge in [-0.05, 0) is 4.27 Å². The second-order valence-corrected chi connectivity index (χ2v) is 2.52. The van der Waals surface area contributed by atoms with Crippen LogP contribution in [0.4, 0.5) is 0 Å². The molecule has 0 aromatic rings. The van der Waals surface area contributed by atoms with Crippen molar-refractivity contribution in [3.05, 3.63) is 23.8 Å². The van der Waals surface area contributed by atoms with Gasteiger partial charge in [-0.3, -0.25) is 9.83 Å². The van der Waals surface area contributed by atoms with E-state index in [9.17, 15) is 0 Å². The lowest BCUT2D eigenvalue weighted by atomic mass is 10.3. The van der Waals surface area contributed by atoms with Gasteiger partial charge in [0.15, 0.2) is 5.70 Å². The summed E-state index contributed by atoms with van der Waals surface area (Å²) < 4.78 is 1.02. The fourth-order valence-corrected chi connectivity index (χ4v) is 1.04. The second kappa shape index (κ2) is 2.90. The van der Waals surface area contributed by atoms with Gasteiger partial charge in [-0.25, -0.2) is 0 Å². The summed E-state index contributed by atoms with van der Waals surface area (Å²) in [5.41, 5.74) is 1.59. The predicted octanol–water partition coefficient (Wildman–Crippen LogP) is 0.215. The van der Waals surface area contributed by atoms with E-state index in [4.69, 9.17) is 4.84 Å². The SMILES string of the molecule is [S-][N+]1=NC(=C2C=NC=CN2)CO1. The molecule has 0 atom stereocenters. The highest BCUT2D eigenvalue weighted by Crippen LogP contribution is 2.11. The lowest BCUT2D eigenvalue weighted by molar-refractivity contribution is -0.695. The van der Waals surface area contributed by atoms with Crippen LogP contribution in [0.1, 0.15) is 0 Å². The second-order valence-electron chi connectivity index (χ2n) is 2.21. The number of nitrogens with zero attached hydrogens (tertiary/aromatic N) is 3. The van der Waals surface area contributed by atoms with E-state index in [2.05, 4.69) is 28.2 Å². The monoisotopic (exact) mass is 182 g/mol. The van der Waals surface area contributed by atoms with Crippen molar-refractivity contribution in [3.63, 3.8) is 0 Å². The Bertz CT molecular complexity index is 318. The lowest BCUT2D eigenvalue weighted by Gasteiger charge is -2.02. The van der Waals surface area contributed by atoms with Gasteiger partial charge in [0.1, 0.15) is 0 Å². The van der Waals surface area contributed by atoms with Crippen LogP contribution in [0, 0.1) is 0 Å². The number of nitrogens with one attached hydrogen (secondary N) is 1. The fourth-order valence-electron chi connectivity index (χ4n) is 0.887. The maximum atomic E-state index is 4.92. The van der Waals surface area contributed by atoms with Crippen molar-refractivity contribution in [1.82, 2.24) is 5.32 Å². The zero-order chi connectivity index (χ0) is 8.39. The van der Waals surface area contributed by atoms with Crippen molar-refractivity contribution < 1.29 is 9.10 Å². The molecule has 0 fully saturated rings. The van der Waals surface area contributed by atoms with E-state index >= 15 is 0 Å². The molecule has 0 bridgehead atoms. The lowest BCUT2D eigenvalue weighted by Crippen LogP contribution is -2.12. The standard InChI is InChI=1S/C6H6N4OS/c12-10-9-6(4-11-10)5-3-7-1-2-8-5/h1-3,8H,4H2. The smallest absolute Gasteiger partial charge is 0.211 e. The molecule has 0 amide bonds. The first-order chi connectivity index (χ1) is 5.86. The number of aliphatic imine (C=N–C) groups is 1. The van der Waals surface area contributed by atoms with E-state index < -0.39 is 0 Å². The summed E-state index contributed by atoms with van der Waals surface area (Å²) in [6.07, 6.45) is 5.06. The zero-order valence-corrected chi connectivity index (χ0v) is 6.91. The van der Waals surface area contributed by atoms with Crippen molar-refractivity contribution in [2.24, 2.45) is 10.1 Å². The van der Waals surface area contributed by atoms with Crippen LogP contribution in [0.15, 0.2) is 33.9 Å². The molecular formula is C6H6N4OS. The first-order valence-electron chi connectivity index (χ1n) is 3.36. The highest BCUT2D eigenvalue weighted by Gasteiger charge is 2.17. The van der Waals surface area contributed by atoms with E-state index in [0.717, 1.165) is 15.7 Å². The van der Waals surface area contributed by atoms with Crippen LogP contribution in [-0.4, -0.2) is 17.1 Å². The van der Waals surface area contributed by atoms with E-state index in [0.29, 0.717) is 6.61 Å². The molecule has 6 heteroatoms. The van der Waals surface area contributed by atoms with Crippen molar-refractivity contribution in [3.8, 4) is 0 Å². The minimum Gasteiger partial charge on any atom is -0.357 e. The van der Waals surface area contributed by atoms with Crippen LogP contribution in [0.2, 0.25) is 0 Å². The van der Waals surface area contributed by atoms with Crippen LogP contribution in [0.5, 0.6) is 0 Å². The number of allylic oxidation sites excluding steroid dienone is 1. The van der Waals surface area contributed by atoms with Crippen LogP contribution >= 0.6 is 0 Å². The van der Waals surface area contributed by atoms with Crippen LogP contribution < -0.4 is 5.32 Å². The maximum Gasteiger partial charge on any atom is 0.211 e. The Balaban J connectivity index is 2.27. The molecule has 0 aromatic carbocycles. The third kappa shape index (κ3) is 1.28. The molecule has 62 valence electrons. The highest BCUT2D eigenvalue weighted by molar-refractivity contribution is 7.51. The summed E-state index contributed by atoms with van der Waals surface area (Å²) in [7, 11) is 0. The first kappa shape index (κ1) is 7.23. The molecule has 12 heavy (non-hydrogen) atoms. The van der Waals surface area contributed by atoms with Gasteiger partial charge in [0.2, 0.25) is 6.61 Å². The average Bonchev–Trinajstić information content (AvgIpc) is 2.54. The molecule has 1 N–H and O–H groups in total. The Kier molecular flexibility index (Phi) is 1.75. The normalized spacial score (nSPS) is 26.5. The van der Waals surface area contributed by atoms with Crippen LogP contribution in [0.3, 0.4) is 0 Å². The molecule has 0 saturated heterocycles. The Morgan fingerprint density at radius 1 is 1.67 bits per heavy atom.